The van der Waals surface area contributed by atoms with Crippen molar-refractivity contribution in [1.29, 1.82) is 0 Å². The topological polar surface area (TPSA) is 71.7 Å². The van der Waals surface area contributed by atoms with E-state index in [1.165, 1.54) is 39.9 Å². The number of nitrogens with zero attached hydrogens (tertiary/aromatic N) is 3. The highest BCUT2D eigenvalue weighted by Crippen LogP contribution is 2.30. The molecule has 1 saturated carbocycles. The van der Waals surface area contributed by atoms with Gasteiger partial charge in [0.25, 0.3) is 5.91 Å². The van der Waals surface area contributed by atoms with Crippen LogP contribution in [0, 0.1) is 0 Å². The van der Waals surface area contributed by atoms with E-state index in [0.29, 0.717) is 16.9 Å². The first-order chi connectivity index (χ1) is 13.4. The number of thiazole rings is 1. The van der Waals surface area contributed by atoms with E-state index in [0.717, 1.165) is 23.1 Å². The first kappa shape index (κ1) is 19.0. The Hall–Kier alpha value is -2.29. The Bertz CT molecular complexity index is 1200. The Balaban J connectivity index is 1.65. The van der Waals surface area contributed by atoms with Crippen molar-refractivity contribution >= 4 is 37.5 Å². The van der Waals surface area contributed by atoms with E-state index in [9.17, 15) is 13.2 Å². The summed E-state index contributed by atoms with van der Waals surface area (Å²) in [6.45, 7) is 2.72. The third-order valence-electron chi connectivity index (χ3n) is 4.94. The van der Waals surface area contributed by atoms with Crippen molar-refractivity contribution in [3.05, 3.63) is 58.9 Å². The normalized spacial score (nSPS) is 15.5. The summed E-state index contributed by atoms with van der Waals surface area (Å²) in [6, 6.07) is 14.1. The van der Waals surface area contributed by atoms with Gasteiger partial charge >= 0.3 is 0 Å². The van der Waals surface area contributed by atoms with E-state index in [2.05, 4.69) is 4.99 Å². The highest BCUT2D eigenvalue weighted by atomic mass is 32.2. The van der Waals surface area contributed by atoms with Crippen LogP contribution < -0.4 is 4.80 Å². The molecule has 3 aromatic rings. The lowest BCUT2D eigenvalue weighted by Gasteiger charge is -2.16. The minimum atomic E-state index is -3.52. The second-order valence-corrected chi connectivity index (χ2v) is 9.80. The number of hydrogen-bond donors (Lipinski definition) is 0. The molecule has 1 amide bonds. The number of aryl methyl sites for hydroxylation is 1. The van der Waals surface area contributed by atoms with Gasteiger partial charge in [0.05, 0.1) is 15.1 Å². The molecule has 8 heteroatoms. The van der Waals surface area contributed by atoms with Crippen LogP contribution in [0.4, 0.5) is 0 Å². The smallest absolute Gasteiger partial charge is 0.279 e. The largest absolute Gasteiger partial charge is 0.317 e. The van der Waals surface area contributed by atoms with Crippen LogP contribution in [0.2, 0.25) is 0 Å². The van der Waals surface area contributed by atoms with Crippen molar-refractivity contribution in [1.82, 2.24) is 8.87 Å². The minimum Gasteiger partial charge on any atom is -0.317 e. The lowest BCUT2D eigenvalue weighted by Crippen LogP contribution is -2.28. The summed E-state index contributed by atoms with van der Waals surface area (Å²) < 4.78 is 29.7. The maximum Gasteiger partial charge on any atom is 0.279 e. The Morgan fingerprint density at radius 1 is 1.18 bits per heavy atom. The number of carbonyl (C=O) groups is 1. The summed E-state index contributed by atoms with van der Waals surface area (Å²) in [4.78, 5) is 17.8. The van der Waals surface area contributed by atoms with Crippen LogP contribution in [0.5, 0.6) is 0 Å². The van der Waals surface area contributed by atoms with Gasteiger partial charge < -0.3 is 4.57 Å². The molecule has 0 N–H and O–H groups in total. The Morgan fingerprint density at radius 3 is 2.50 bits per heavy atom. The summed E-state index contributed by atoms with van der Waals surface area (Å²) in [5, 5.41) is 0. The van der Waals surface area contributed by atoms with E-state index in [4.69, 9.17) is 0 Å². The molecule has 1 aromatic heterocycles. The van der Waals surface area contributed by atoms with Crippen LogP contribution in [-0.2, 0) is 16.6 Å². The SMILES string of the molecule is CCn1c(=NC(=O)c2ccc(S(=O)(=O)N(C)C3CC3)cc2)sc2ccccc21. The molecule has 0 aliphatic heterocycles. The Kier molecular flexibility index (Phi) is 4.95. The molecule has 0 atom stereocenters. The van der Waals surface area contributed by atoms with Crippen LogP contribution in [0.15, 0.2) is 58.4 Å². The predicted octanol–water partition coefficient (Wildman–Crippen LogP) is 3.25. The lowest BCUT2D eigenvalue weighted by molar-refractivity contribution is 0.0997. The first-order valence-electron chi connectivity index (χ1n) is 9.17. The van der Waals surface area contributed by atoms with Gasteiger partial charge in [-0.25, -0.2) is 8.42 Å². The van der Waals surface area contributed by atoms with Crippen molar-refractivity contribution in [2.75, 3.05) is 7.05 Å². The molecule has 1 aliphatic rings. The molecular weight excluding hydrogens is 394 g/mol. The standard InChI is InChI=1S/C20H21N3O3S2/c1-3-23-17-6-4-5-7-18(17)27-20(23)21-19(24)14-8-12-16(13-9-14)28(25,26)22(2)15-10-11-15/h4-9,12-13,15H,3,10-11H2,1-2H3. The van der Waals surface area contributed by atoms with Crippen molar-refractivity contribution in [2.45, 2.75) is 37.2 Å². The molecule has 1 fully saturated rings. The fourth-order valence-electron chi connectivity index (χ4n) is 3.13. The van der Waals surface area contributed by atoms with E-state index < -0.39 is 10.0 Å². The summed E-state index contributed by atoms with van der Waals surface area (Å²) in [6.07, 6.45) is 1.80. The molecule has 146 valence electrons. The fourth-order valence-corrected chi connectivity index (χ4v) is 5.64. The van der Waals surface area contributed by atoms with Crippen molar-refractivity contribution < 1.29 is 13.2 Å². The molecule has 1 heterocycles. The number of amides is 1. The summed E-state index contributed by atoms with van der Waals surface area (Å²) in [5.41, 5.74) is 1.42. The quantitative estimate of drug-likeness (QED) is 0.642. The van der Waals surface area contributed by atoms with E-state index in [1.807, 2.05) is 35.8 Å². The number of para-hydroxylation sites is 1. The molecule has 6 nitrogen and oxygen atoms in total. The average molecular weight is 416 g/mol. The maximum atomic E-state index is 12.6. The number of fused-ring (bicyclic) bond motifs is 1. The molecule has 0 radical (unpaired) electrons. The zero-order chi connectivity index (χ0) is 19.9. The lowest BCUT2D eigenvalue weighted by atomic mass is 10.2. The van der Waals surface area contributed by atoms with Crippen molar-refractivity contribution in [2.24, 2.45) is 4.99 Å². The average Bonchev–Trinajstić information content (AvgIpc) is 3.49. The monoisotopic (exact) mass is 415 g/mol. The third kappa shape index (κ3) is 3.43. The van der Waals surface area contributed by atoms with Crippen LogP contribution in [0.3, 0.4) is 0 Å². The predicted molar refractivity (Wildman–Crippen MR) is 110 cm³/mol. The molecule has 0 spiro atoms. The van der Waals surface area contributed by atoms with Gasteiger partial charge in [0.15, 0.2) is 4.80 Å². The first-order valence-corrected chi connectivity index (χ1v) is 11.4. The molecule has 0 unspecified atom stereocenters. The number of sulfonamides is 1. The van der Waals surface area contributed by atoms with Gasteiger partial charge in [-0.15, -0.1) is 0 Å². The number of aromatic nitrogens is 1. The van der Waals surface area contributed by atoms with Gasteiger partial charge in [-0.2, -0.15) is 9.30 Å². The van der Waals surface area contributed by atoms with E-state index in [-0.39, 0.29) is 16.8 Å². The maximum absolute atomic E-state index is 12.6. The van der Waals surface area contributed by atoms with Crippen molar-refractivity contribution in [3.63, 3.8) is 0 Å². The molecular formula is C20H21N3O3S2. The van der Waals surface area contributed by atoms with Gasteiger partial charge in [-0.3, -0.25) is 4.79 Å². The van der Waals surface area contributed by atoms with Gasteiger partial charge in [-0.1, -0.05) is 23.5 Å². The molecule has 1 aliphatic carbocycles. The molecule has 0 saturated heterocycles. The van der Waals surface area contributed by atoms with Gasteiger partial charge in [0, 0.05) is 25.2 Å². The molecule has 2 aromatic carbocycles. The fraction of sp³-hybridized carbons (Fsp3) is 0.300. The van der Waals surface area contributed by atoms with Crippen molar-refractivity contribution in [3.8, 4) is 0 Å². The molecule has 4 rings (SSSR count). The zero-order valence-electron chi connectivity index (χ0n) is 15.7. The second-order valence-electron chi connectivity index (χ2n) is 6.79. The summed E-state index contributed by atoms with van der Waals surface area (Å²) >= 11 is 1.47. The number of hydrogen-bond acceptors (Lipinski definition) is 4. The van der Waals surface area contributed by atoms with Gasteiger partial charge in [0.1, 0.15) is 0 Å². The second kappa shape index (κ2) is 7.27. The highest BCUT2D eigenvalue weighted by molar-refractivity contribution is 7.89. The van der Waals surface area contributed by atoms with E-state index in [1.54, 1.807) is 7.05 Å². The summed E-state index contributed by atoms with van der Waals surface area (Å²) in [7, 11) is -1.91. The van der Waals surface area contributed by atoms with E-state index >= 15 is 0 Å². The Morgan fingerprint density at radius 2 is 1.86 bits per heavy atom. The number of rotatable bonds is 5. The highest BCUT2D eigenvalue weighted by Gasteiger charge is 2.34. The molecule has 28 heavy (non-hydrogen) atoms. The van der Waals surface area contributed by atoms with Crippen LogP contribution in [0.25, 0.3) is 10.2 Å². The minimum absolute atomic E-state index is 0.0961. The van der Waals surface area contributed by atoms with Crippen LogP contribution in [0.1, 0.15) is 30.1 Å². The zero-order valence-corrected chi connectivity index (χ0v) is 17.3. The van der Waals surface area contributed by atoms with Crippen LogP contribution in [-0.4, -0.2) is 36.3 Å². The summed E-state index contributed by atoms with van der Waals surface area (Å²) in [5.74, 6) is -0.381. The van der Waals surface area contributed by atoms with Gasteiger partial charge in [-0.05, 0) is 56.2 Å². The number of benzene rings is 2. The number of carbonyl (C=O) groups excluding carboxylic acids is 1. The van der Waals surface area contributed by atoms with Crippen LogP contribution >= 0.6 is 11.3 Å². The Labute approximate surface area is 167 Å². The van der Waals surface area contributed by atoms with Gasteiger partial charge in [0.2, 0.25) is 10.0 Å². The molecule has 0 bridgehead atoms. The third-order valence-corrected chi connectivity index (χ3v) is 7.92.